The second-order valence-corrected chi connectivity index (χ2v) is 5.05. The van der Waals surface area contributed by atoms with Crippen LogP contribution in [0.2, 0.25) is 0 Å². The van der Waals surface area contributed by atoms with Crippen molar-refractivity contribution in [3.63, 3.8) is 0 Å². The molecule has 0 aliphatic rings. The molecule has 0 aliphatic heterocycles. The summed E-state index contributed by atoms with van der Waals surface area (Å²) in [5, 5.41) is 0. The van der Waals surface area contributed by atoms with Crippen LogP contribution in [0.15, 0.2) is 48.7 Å². The molecule has 23 heavy (non-hydrogen) atoms. The van der Waals surface area contributed by atoms with E-state index in [-0.39, 0.29) is 5.82 Å². The van der Waals surface area contributed by atoms with E-state index in [1.54, 1.807) is 18.2 Å². The van der Waals surface area contributed by atoms with Crippen LogP contribution in [0.4, 0.5) is 4.39 Å². The molecule has 0 saturated heterocycles. The van der Waals surface area contributed by atoms with E-state index in [0.29, 0.717) is 12.1 Å². The fourth-order valence-corrected chi connectivity index (χ4v) is 2.17. The number of halogens is 1. The molecule has 3 heteroatoms. The van der Waals surface area contributed by atoms with Crippen LogP contribution in [0.1, 0.15) is 40.9 Å². The minimum atomic E-state index is -0.229. The molecular formula is C20H24FNO. The smallest absolute Gasteiger partial charge is 0.150 e. The van der Waals surface area contributed by atoms with Gasteiger partial charge in [-0.1, -0.05) is 44.2 Å². The van der Waals surface area contributed by atoms with Gasteiger partial charge in [-0.05, 0) is 48.0 Å². The maximum atomic E-state index is 12.9. The van der Waals surface area contributed by atoms with Gasteiger partial charge < -0.3 is 4.90 Å². The fourth-order valence-electron chi connectivity index (χ4n) is 2.17. The summed E-state index contributed by atoms with van der Waals surface area (Å²) in [5.74, 6) is -0.229. The summed E-state index contributed by atoms with van der Waals surface area (Å²) in [6.07, 6.45) is 4.73. The number of nitrogens with zero attached hydrogens (tertiary/aromatic N) is 1. The van der Waals surface area contributed by atoms with Gasteiger partial charge in [0, 0.05) is 19.2 Å². The lowest BCUT2D eigenvalue weighted by Gasteiger charge is -2.14. The number of aryl methyl sites for hydroxylation is 1. The number of hydrogen-bond donors (Lipinski definition) is 0. The maximum absolute atomic E-state index is 12.9. The molecule has 0 atom stereocenters. The molecule has 0 aromatic heterocycles. The molecule has 0 heterocycles. The van der Waals surface area contributed by atoms with Crippen LogP contribution < -0.4 is 0 Å². The minimum absolute atomic E-state index is 0.229. The number of aldehydes is 1. The van der Waals surface area contributed by atoms with Gasteiger partial charge in [-0.15, -0.1) is 0 Å². The van der Waals surface area contributed by atoms with Gasteiger partial charge in [0.1, 0.15) is 5.82 Å². The lowest BCUT2D eigenvalue weighted by atomic mass is 10.0. The van der Waals surface area contributed by atoms with E-state index in [1.165, 1.54) is 12.1 Å². The van der Waals surface area contributed by atoms with Gasteiger partial charge in [0.05, 0.1) is 0 Å². The Morgan fingerprint density at radius 1 is 1.09 bits per heavy atom. The molecular weight excluding hydrogens is 289 g/mol. The van der Waals surface area contributed by atoms with Crippen LogP contribution in [-0.2, 0) is 6.54 Å². The topological polar surface area (TPSA) is 20.3 Å². The van der Waals surface area contributed by atoms with Crippen molar-refractivity contribution in [2.75, 3.05) is 7.05 Å². The first-order chi connectivity index (χ1) is 11.1. The molecule has 2 rings (SSSR count). The van der Waals surface area contributed by atoms with Gasteiger partial charge in [0.25, 0.3) is 0 Å². The Hall–Kier alpha value is -2.42. The molecule has 0 fully saturated rings. The van der Waals surface area contributed by atoms with Gasteiger partial charge >= 0.3 is 0 Å². The minimum Gasteiger partial charge on any atom is -0.376 e. The Labute approximate surface area is 138 Å². The quantitative estimate of drug-likeness (QED) is 0.718. The predicted octanol–water partition coefficient (Wildman–Crippen LogP) is 5.08. The van der Waals surface area contributed by atoms with Gasteiger partial charge in [-0.25, -0.2) is 4.39 Å². The summed E-state index contributed by atoms with van der Waals surface area (Å²) in [4.78, 5) is 13.1. The molecule has 0 radical (unpaired) electrons. The van der Waals surface area contributed by atoms with Crippen molar-refractivity contribution in [2.24, 2.45) is 0 Å². The van der Waals surface area contributed by atoms with Crippen molar-refractivity contribution < 1.29 is 9.18 Å². The number of carbonyl (C=O) groups excluding carboxylic acids is 1. The third-order valence-electron chi connectivity index (χ3n) is 3.33. The van der Waals surface area contributed by atoms with E-state index in [0.717, 1.165) is 23.0 Å². The molecule has 0 saturated carbocycles. The standard InChI is InChI=1S/C18H18FNO.C2H6/c1-14-4-3-5-16(13-21)18(14)10-11-20(2)12-15-6-8-17(19)9-7-15;1-2/h3-11,13H,12H2,1-2H3;1-2H3/b11-10-;. The van der Waals surface area contributed by atoms with E-state index in [2.05, 4.69) is 0 Å². The van der Waals surface area contributed by atoms with E-state index in [9.17, 15) is 9.18 Å². The number of hydrogen-bond acceptors (Lipinski definition) is 2. The Morgan fingerprint density at radius 2 is 1.74 bits per heavy atom. The second kappa shape index (κ2) is 9.57. The van der Waals surface area contributed by atoms with E-state index >= 15 is 0 Å². The van der Waals surface area contributed by atoms with Crippen LogP contribution >= 0.6 is 0 Å². The lowest BCUT2D eigenvalue weighted by molar-refractivity contribution is 0.112. The highest BCUT2D eigenvalue weighted by atomic mass is 19.1. The zero-order chi connectivity index (χ0) is 17.2. The molecule has 0 unspecified atom stereocenters. The molecule has 0 spiro atoms. The molecule has 0 aliphatic carbocycles. The Morgan fingerprint density at radius 3 is 2.35 bits per heavy atom. The zero-order valence-corrected chi connectivity index (χ0v) is 14.2. The predicted molar refractivity (Wildman–Crippen MR) is 94.8 cm³/mol. The lowest BCUT2D eigenvalue weighted by Crippen LogP contribution is -2.09. The molecule has 0 bridgehead atoms. The first-order valence-corrected chi connectivity index (χ1v) is 7.78. The van der Waals surface area contributed by atoms with Crippen LogP contribution in [0.5, 0.6) is 0 Å². The molecule has 0 amide bonds. The Kier molecular flexibility index (Phi) is 7.75. The normalized spacial score (nSPS) is 10.1. The van der Waals surface area contributed by atoms with Crippen molar-refractivity contribution in [1.29, 1.82) is 0 Å². The van der Waals surface area contributed by atoms with Crippen molar-refractivity contribution >= 4 is 12.4 Å². The monoisotopic (exact) mass is 313 g/mol. The molecule has 2 nitrogen and oxygen atoms in total. The van der Waals surface area contributed by atoms with E-state index in [1.807, 2.05) is 57.1 Å². The van der Waals surface area contributed by atoms with E-state index in [4.69, 9.17) is 0 Å². The Bertz CT molecular complexity index is 647. The average Bonchev–Trinajstić information content (AvgIpc) is 2.57. The van der Waals surface area contributed by atoms with Crippen LogP contribution in [0, 0.1) is 12.7 Å². The largest absolute Gasteiger partial charge is 0.376 e. The van der Waals surface area contributed by atoms with Crippen LogP contribution in [0.3, 0.4) is 0 Å². The van der Waals surface area contributed by atoms with Gasteiger partial charge in [-0.3, -0.25) is 4.79 Å². The third kappa shape index (κ3) is 5.70. The summed E-state index contributed by atoms with van der Waals surface area (Å²) in [6, 6.07) is 12.1. The highest BCUT2D eigenvalue weighted by Crippen LogP contribution is 2.15. The van der Waals surface area contributed by atoms with Crippen molar-refractivity contribution in [1.82, 2.24) is 4.90 Å². The second-order valence-electron chi connectivity index (χ2n) is 5.05. The first-order valence-electron chi connectivity index (χ1n) is 7.78. The van der Waals surface area contributed by atoms with Crippen LogP contribution in [-0.4, -0.2) is 18.2 Å². The van der Waals surface area contributed by atoms with Gasteiger partial charge in [0.15, 0.2) is 6.29 Å². The number of benzene rings is 2. The van der Waals surface area contributed by atoms with Crippen molar-refractivity contribution in [2.45, 2.75) is 27.3 Å². The summed E-state index contributed by atoms with van der Waals surface area (Å²) in [6.45, 7) is 6.66. The number of rotatable bonds is 5. The number of carbonyl (C=O) groups is 1. The summed E-state index contributed by atoms with van der Waals surface area (Å²) < 4.78 is 12.9. The third-order valence-corrected chi connectivity index (χ3v) is 3.33. The fraction of sp³-hybridized carbons (Fsp3) is 0.250. The summed E-state index contributed by atoms with van der Waals surface area (Å²) in [7, 11) is 1.94. The SMILES string of the molecule is CC.Cc1cccc(C=O)c1/C=C\N(C)Cc1ccc(F)cc1. The molecule has 2 aromatic rings. The zero-order valence-electron chi connectivity index (χ0n) is 14.2. The highest BCUT2D eigenvalue weighted by Gasteiger charge is 2.02. The summed E-state index contributed by atoms with van der Waals surface area (Å²) >= 11 is 0. The molecule has 0 N–H and O–H groups in total. The molecule has 2 aromatic carbocycles. The van der Waals surface area contributed by atoms with Gasteiger partial charge in [0.2, 0.25) is 0 Å². The average molecular weight is 313 g/mol. The van der Waals surface area contributed by atoms with Crippen molar-refractivity contribution in [3.05, 3.63) is 76.7 Å². The molecule has 122 valence electrons. The maximum Gasteiger partial charge on any atom is 0.150 e. The van der Waals surface area contributed by atoms with Crippen molar-refractivity contribution in [3.8, 4) is 0 Å². The van der Waals surface area contributed by atoms with Crippen LogP contribution in [0.25, 0.3) is 6.08 Å². The van der Waals surface area contributed by atoms with Gasteiger partial charge in [-0.2, -0.15) is 0 Å². The highest BCUT2D eigenvalue weighted by molar-refractivity contribution is 5.82. The Balaban J connectivity index is 0.00000127. The van der Waals surface area contributed by atoms with E-state index < -0.39 is 0 Å². The first kappa shape index (κ1) is 18.6. The summed E-state index contributed by atoms with van der Waals surface area (Å²) in [5.41, 5.74) is 3.70.